The Morgan fingerprint density at radius 1 is 1.00 bits per heavy atom. The summed E-state index contributed by atoms with van der Waals surface area (Å²) in [7, 11) is 0. The van der Waals surface area contributed by atoms with Gasteiger partial charge >= 0.3 is 12.1 Å². The van der Waals surface area contributed by atoms with E-state index in [4.69, 9.17) is 4.74 Å². The lowest BCUT2D eigenvalue weighted by atomic mass is 9.79. The molecule has 0 spiro atoms. The highest BCUT2D eigenvalue weighted by atomic mass is 16.5. The van der Waals surface area contributed by atoms with Crippen LogP contribution in [0.2, 0.25) is 0 Å². The first-order valence-corrected chi connectivity index (χ1v) is 11.1. The molecule has 1 saturated carbocycles. The van der Waals surface area contributed by atoms with Gasteiger partial charge in [-0.3, -0.25) is 4.79 Å². The molecular formula is C25H28N2O5. The number of carbonyl (C=O) groups is 3. The van der Waals surface area contributed by atoms with Gasteiger partial charge in [0.1, 0.15) is 12.6 Å². The monoisotopic (exact) mass is 436 g/mol. The van der Waals surface area contributed by atoms with Crippen LogP contribution in [-0.2, 0) is 14.3 Å². The SMILES string of the molecule is C[C@H](CC(=O)NC(C(=O)O)C1CCC1)NC(=O)OCC1c2ccccc2-c2ccccc21. The number of ether oxygens (including phenoxy) is 1. The van der Waals surface area contributed by atoms with Gasteiger partial charge in [-0.25, -0.2) is 9.59 Å². The second-order valence-corrected chi connectivity index (χ2v) is 8.65. The summed E-state index contributed by atoms with van der Waals surface area (Å²) < 4.78 is 5.50. The van der Waals surface area contributed by atoms with Crippen molar-refractivity contribution >= 4 is 18.0 Å². The zero-order chi connectivity index (χ0) is 22.7. The molecule has 3 N–H and O–H groups in total. The van der Waals surface area contributed by atoms with Crippen LogP contribution in [-0.4, -0.2) is 41.8 Å². The number of benzene rings is 2. The number of carbonyl (C=O) groups excluding carboxylic acids is 2. The number of amides is 2. The van der Waals surface area contributed by atoms with E-state index in [9.17, 15) is 19.5 Å². The van der Waals surface area contributed by atoms with Crippen LogP contribution in [0.25, 0.3) is 11.1 Å². The van der Waals surface area contributed by atoms with Crippen LogP contribution in [0.3, 0.4) is 0 Å². The molecule has 7 nitrogen and oxygen atoms in total. The molecule has 0 aliphatic heterocycles. The molecule has 1 fully saturated rings. The molecule has 2 aromatic carbocycles. The lowest BCUT2D eigenvalue weighted by molar-refractivity contribution is -0.144. The highest BCUT2D eigenvalue weighted by Crippen LogP contribution is 2.44. The number of nitrogens with one attached hydrogen (secondary N) is 2. The third-order valence-corrected chi connectivity index (χ3v) is 6.40. The van der Waals surface area contributed by atoms with Crippen molar-refractivity contribution in [3.63, 3.8) is 0 Å². The van der Waals surface area contributed by atoms with Gasteiger partial charge in [-0.15, -0.1) is 0 Å². The van der Waals surface area contributed by atoms with Crippen molar-refractivity contribution < 1.29 is 24.2 Å². The first-order chi connectivity index (χ1) is 15.4. The van der Waals surface area contributed by atoms with Gasteiger partial charge in [-0.05, 0) is 47.9 Å². The fourth-order valence-corrected chi connectivity index (χ4v) is 4.56. The van der Waals surface area contributed by atoms with Crippen molar-refractivity contribution in [2.24, 2.45) is 5.92 Å². The molecular weight excluding hydrogens is 408 g/mol. The van der Waals surface area contributed by atoms with Gasteiger partial charge in [0.2, 0.25) is 5.91 Å². The molecule has 0 aromatic heterocycles. The maximum absolute atomic E-state index is 12.4. The summed E-state index contributed by atoms with van der Waals surface area (Å²) in [5.41, 5.74) is 4.57. The summed E-state index contributed by atoms with van der Waals surface area (Å²) in [4.78, 5) is 36.0. The standard InChI is InChI=1S/C25H28N2O5/c1-15(13-22(28)27-23(24(29)30)16-7-6-8-16)26-25(31)32-14-21-19-11-4-2-9-17(19)18-10-3-5-12-20(18)21/h2-5,9-12,15-16,21,23H,6-8,13-14H2,1H3,(H,26,31)(H,27,28)(H,29,30)/t15-,23?/m1/s1. The number of aliphatic carboxylic acids is 1. The highest BCUT2D eigenvalue weighted by molar-refractivity contribution is 5.84. The molecule has 0 radical (unpaired) electrons. The van der Waals surface area contributed by atoms with E-state index in [2.05, 4.69) is 34.9 Å². The van der Waals surface area contributed by atoms with E-state index in [1.807, 2.05) is 24.3 Å². The van der Waals surface area contributed by atoms with Crippen LogP contribution < -0.4 is 10.6 Å². The molecule has 0 bridgehead atoms. The van der Waals surface area contributed by atoms with Gasteiger partial charge in [-0.2, -0.15) is 0 Å². The Morgan fingerprint density at radius 3 is 2.12 bits per heavy atom. The second kappa shape index (κ2) is 9.42. The summed E-state index contributed by atoms with van der Waals surface area (Å²) in [5.74, 6) is -1.46. The summed E-state index contributed by atoms with van der Waals surface area (Å²) >= 11 is 0. The summed E-state index contributed by atoms with van der Waals surface area (Å²) in [6.07, 6.45) is 2.00. The normalized spacial score (nSPS) is 16.8. The molecule has 2 amide bonds. The predicted octanol–water partition coefficient (Wildman–Crippen LogP) is 3.67. The van der Waals surface area contributed by atoms with Crippen molar-refractivity contribution in [2.75, 3.05) is 6.61 Å². The largest absolute Gasteiger partial charge is 0.480 e. The van der Waals surface area contributed by atoms with E-state index < -0.39 is 30.1 Å². The average molecular weight is 437 g/mol. The minimum absolute atomic E-state index is 0.0122. The number of carboxylic acids is 1. The number of fused-ring (bicyclic) bond motifs is 3. The van der Waals surface area contributed by atoms with E-state index in [1.165, 1.54) is 0 Å². The maximum atomic E-state index is 12.4. The molecule has 2 aliphatic rings. The molecule has 168 valence electrons. The van der Waals surface area contributed by atoms with Gasteiger partial charge in [0, 0.05) is 18.4 Å². The summed E-state index contributed by atoms with van der Waals surface area (Å²) in [5, 5.41) is 14.6. The first kappa shape index (κ1) is 21.9. The lowest BCUT2D eigenvalue weighted by Gasteiger charge is -2.31. The van der Waals surface area contributed by atoms with Gasteiger partial charge in [0.15, 0.2) is 0 Å². The Kier molecular flexibility index (Phi) is 6.44. The summed E-state index contributed by atoms with van der Waals surface area (Å²) in [6.45, 7) is 1.89. The molecule has 2 aliphatic carbocycles. The highest BCUT2D eigenvalue weighted by Gasteiger charge is 2.34. The molecule has 1 unspecified atom stereocenters. The molecule has 0 saturated heterocycles. The minimum atomic E-state index is -1.01. The van der Waals surface area contributed by atoms with E-state index >= 15 is 0 Å². The third kappa shape index (κ3) is 4.61. The quantitative estimate of drug-likeness (QED) is 0.586. The second-order valence-electron chi connectivity index (χ2n) is 8.65. The van der Waals surface area contributed by atoms with E-state index in [0.29, 0.717) is 0 Å². The van der Waals surface area contributed by atoms with Crippen LogP contribution in [0.5, 0.6) is 0 Å². The molecule has 0 heterocycles. The van der Waals surface area contributed by atoms with E-state index in [0.717, 1.165) is 41.5 Å². The first-order valence-electron chi connectivity index (χ1n) is 11.1. The van der Waals surface area contributed by atoms with Crippen molar-refractivity contribution in [3.8, 4) is 11.1 Å². The van der Waals surface area contributed by atoms with Gasteiger partial charge in [0.05, 0.1) is 0 Å². The number of rotatable bonds is 8. The molecule has 2 atom stereocenters. The number of hydrogen-bond donors (Lipinski definition) is 3. The van der Waals surface area contributed by atoms with E-state index in [1.54, 1.807) is 6.92 Å². The average Bonchev–Trinajstić information content (AvgIpc) is 3.04. The topological polar surface area (TPSA) is 105 Å². The number of hydrogen-bond acceptors (Lipinski definition) is 4. The summed E-state index contributed by atoms with van der Waals surface area (Å²) in [6, 6.07) is 14.9. The fraction of sp³-hybridized carbons (Fsp3) is 0.400. The van der Waals surface area contributed by atoms with Crippen molar-refractivity contribution in [2.45, 2.75) is 50.6 Å². The zero-order valence-electron chi connectivity index (χ0n) is 18.0. The van der Waals surface area contributed by atoms with Crippen LogP contribution in [0.4, 0.5) is 4.79 Å². The molecule has 4 rings (SSSR count). The number of alkyl carbamates (subject to hydrolysis) is 1. The lowest BCUT2D eigenvalue weighted by Crippen LogP contribution is -2.49. The Balaban J connectivity index is 1.29. The minimum Gasteiger partial charge on any atom is -0.480 e. The zero-order valence-corrected chi connectivity index (χ0v) is 18.0. The van der Waals surface area contributed by atoms with Crippen molar-refractivity contribution in [1.29, 1.82) is 0 Å². The Labute approximate surface area is 187 Å². The van der Waals surface area contributed by atoms with Crippen molar-refractivity contribution in [3.05, 3.63) is 59.7 Å². The predicted molar refractivity (Wildman–Crippen MR) is 119 cm³/mol. The number of carboxylic acid groups (broad SMARTS) is 1. The Morgan fingerprint density at radius 2 is 1.59 bits per heavy atom. The van der Waals surface area contributed by atoms with E-state index in [-0.39, 0.29) is 24.9 Å². The van der Waals surface area contributed by atoms with Crippen LogP contribution in [0.15, 0.2) is 48.5 Å². The van der Waals surface area contributed by atoms with Crippen LogP contribution in [0, 0.1) is 5.92 Å². The van der Waals surface area contributed by atoms with Crippen molar-refractivity contribution in [1.82, 2.24) is 10.6 Å². The Bertz CT molecular complexity index is 971. The smallest absolute Gasteiger partial charge is 0.407 e. The van der Waals surface area contributed by atoms with Crippen LogP contribution >= 0.6 is 0 Å². The third-order valence-electron chi connectivity index (χ3n) is 6.40. The fourth-order valence-electron chi connectivity index (χ4n) is 4.56. The molecule has 32 heavy (non-hydrogen) atoms. The molecule has 7 heteroatoms. The van der Waals surface area contributed by atoms with Gasteiger partial charge in [0.25, 0.3) is 0 Å². The van der Waals surface area contributed by atoms with Gasteiger partial charge in [-0.1, -0.05) is 55.0 Å². The van der Waals surface area contributed by atoms with Gasteiger partial charge < -0.3 is 20.5 Å². The van der Waals surface area contributed by atoms with Crippen LogP contribution in [0.1, 0.15) is 49.7 Å². The molecule has 2 aromatic rings. The Hall–Kier alpha value is -3.35. The maximum Gasteiger partial charge on any atom is 0.407 e.